The van der Waals surface area contributed by atoms with Crippen LogP contribution in [0.25, 0.3) is 11.4 Å². The fourth-order valence-corrected chi connectivity index (χ4v) is 3.05. The summed E-state index contributed by atoms with van der Waals surface area (Å²) in [6.45, 7) is 0.956. The van der Waals surface area contributed by atoms with Gasteiger partial charge in [0, 0.05) is 24.0 Å². The number of carbonyl (C=O) groups excluding carboxylic acids is 1. The molecule has 0 bridgehead atoms. The smallest absolute Gasteiger partial charge is 0.336 e. The molecular formula is C17H18FN5O2S. The second-order valence-electron chi connectivity index (χ2n) is 5.58. The van der Waals surface area contributed by atoms with E-state index < -0.39 is 0 Å². The van der Waals surface area contributed by atoms with E-state index in [9.17, 15) is 14.0 Å². The summed E-state index contributed by atoms with van der Waals surface area (Å²) in [7, 11) is 1.60. The number of aromatic nitrogens is 3. The Bertz CT molecular complexity index is 931. The van der Waals surface area contributed by atoms with Crippen molar-refractivity contribution in [2.45, 2.75) is 13.1 Å². The monoisotopic (exact) mass is 375 g/mol. The van der Waals surface area contributed by atoms with Crippen molar-refractivity contribution in [1.82, 2.24) is 25.0 Å². The van der Waals surface area contributed by atoms with Gasteiger partial charge in [-0.1, -0.05) is 6.07 Å². The topological polar surface area (TPSA) is 81.0 Å². The van der Waals surface area contributed by atoms with Gasteiger partial charge in [0.25, 0.3) is 0 Å². The average molecular weight is 375 g/mol. The molecule has 2 N–H and O–H groups in total. The maximum absolute atomic E-state index is 13.0. The number of rotatable bonds is 6. The average Bonchev–Trinajstić information content (AvgIpc) is 3.25. The summed E-state index contributed by atoms with van der Waals surface area (Å²) in [5.41, 5.74) is 0.344. The van der Waals surface area contributed by atoms with Crippen molar-refractivity contribution in [3.63, 3.8) is 0 Å². The molecule has 0 aliphatic heterocycles. The van der Waals surface area contributed by atoms with Crippen LogP contribution in [0.15, 0.2) is 46.6 Å². The van der Waals surface area contributed by atoms with Crippen LogP contribution >= 0.6 is 11.3 Å². The largest absolute Gasteiger partial charge is 0.345 e. The number of urea groups is 1. The van der Waals surface area contributed by atoms with Crippen LogP contribution in [0.5, 0.6) is 0 Å². The third-order valence-electron chi connectivity index (χ3n) is 3.76. The molecule has 9 heteroatoms. The van der Waals surface area contributed by atoms with Gasteiger partial charge >= 0.3 is 11.7 Å². The number of nitrogens with zero attached hydrogens (tertiary/aromatic N) is 3. The van der Waals surface area contributed by atoms with Crippen LogP contribution in [0.4, 0.5) is 9.18 Å². The fourth-order valence-electron chi connectivity index (χ4n) is 2.40. The summed E-state index contributed by atoms with van der Waals surface area (Å²) < 4.78 is 15.7. The van der Waals surface area contributed by atoms with E-state index in [1.807, 2.05) is 17.5 Å². The Kier molecular flexibility index (Phi) is 5.47. The predicted octanol–water partition coefficient (Wildman–Crippen LogP) is 1.95. The van der Waals surface area contributed by atoms with E-state index in [0.717, 1.165) is 4.88 Å². The zero-order valence-electron chi connectivity index (χ0n) is 14.1. The Labute approximate surface area is 153 Å². The summed E-state index contributed by atoms with van der Waals surface area (Å²) in [6, 6.07) is 9.33. The highest BCUT2D eigenvalue weighted by Crippen LogP contribution is 2.15. The molecule has 0 spiro atoms. The van der Waals surface area contributed by atoms with Gasteiger partial charge in [-0.15, -0.1) is 16.4 Å². The minimum absolute atomic E-state index is 0.236. The van der Waals surface area contributed by atoms with E-state index in [4.69, 9.17) is 0 Å². The number of carbonyl (C=O) groups is 1. The van der Waals surface area contributed by atoms with Crippen LogP contribution in [-0.4, -0.2) is 26.9 Å². The molecule has 2 aromatic heterocycles. The highest BCUT2D eigenvalue weighted by Gasteiger charge is 2.12. The predicted molar refractivity (Wildman–Crippen MR) is 97.4 cm³/mol. The zero-order valence-corrected chi connectivity index (χ0v) is 14.9. The van der Waals surface area contributed by atoms with Gasteiger partial charge in [-0.05, 0) is 35.7 Å². The molecule has 0 fully saturated rings. The number of hydrogen-bond acceptors (Lipinski definition) is 4. The van der Waals surface area contributed by atoms with Crippen LogP contribution in [0.2, 0.25) is 0 Å². The van der Waals surface area contributed by atoms with Crippen molar-refractivity contribution >= 4 is 17.4 Å². The van der Waals surface area contributed by atoms with Crippen molar-refractivity contribution < 1.29 is 9.18 Å². The maximum atomic E-state index is 13.0. The van der Waals surface area contributed by atoms with Gasteiger partial charge in [0.1, 0.15) is 5.82 Å². The molecule has 7 nitrogen and oxygen atoms in total. The first-order chi connectivity index (χ1) is 12.5. The van der Waals surface area contributed by atoms with Crippen LogP contribution in [0.3, 0.4) is 0 Å². The minimum atomic E-state index is -0.351. The Balaban J connectivity index is 1.56. The van der Waals surface area contributed by atoms with E-state index >= 15 is 0 Å². The molecule has 3 aromatic rings. The molecule has 136 valence electrons. The summed E-state index contributed by atoms with van der Waals surface area (Å²) in [4.78, 5) is 25.1. The number of benzene rings is 1. The first-order valence-electron chi connectivity index (χ1n) is 7.98. The zero-order chi connectivity index (χ0) is 18.5. The molecule has 0 atom stereocenters. The molecule has 2 heterocycles. The Hall–Kier alpha value is -2.94. The summed E-state index contributed by atoms with van der Waals surface area (Å²) in [5, 5.41) is 11.7. The second-order valence-corrected chi connectivity index (χ2v) is 6.62. The fraction of sp³-hybridized carbons (Fsp3) is 0.235. The molecule has 0 radical (unpaired) electrons. The van der Waals surface area contributed by atoms with Gasteiger partial charge < -0.3 is 10.6 Å². The van der Waals surface area contributed by atoms with Crippen molar-refractivity contribution in [2.24, 2.45) is 7.05 Å². The summed E-state index contributed by atoms with van der Waals surface area (Å²) >= 11 is 1.57. The lowest BCUT2D eigenvalue weighted by molar-refractivity contribution is 0.240. The minimum Gasteiger partial charge on any atom is -0.336 e. The number of nitrogens with one attached hydrogen (secondary N) is 2. The first-order valence-corrected chi connectivity index (χ1v) is 8.86. The normalized spacial score (nSPS) is 10.7. The highest BCUT2D eigenvalue weighted by molar-refractivity contribution is 7.09. The number of hydrogen-bond donors (Lipinski definition) is 2. The standard InChI is InChI=1S/C17H18FN5O2S/c1-22-15(12-4-6-13(18)7-5-12)21-23(17(22)25)9-8-19-16(24)20-11-14-3-2-10-26-14/h2-7,10H,8-9,11H2,1H3,(H2,19,20,24). The van der Waals surface area contributed by atoms with Crippen LogP contribution in [0.1, 0.15) is 4.88 Å². The summed E-state index contributed by atoms with van der Waals surface area (Å²) in [5.74, 6) is 0.0908. The second kappa shape index (κ2) is 7.96. The molecule has 2 amide bonds. The Morgan fingerprint density at radius 3 is 2.69 bits per heavy atom. The van der Waals surface area contributed by atoms with Crippen molar-refractivity contribution in [1.29, 1.82) is 0 Å². The van der Waals surface area contributed by atoms with Gasteiger partial charge in [-0.25, -0.2) is 18.7 Å². The molecule has 26 heavy (non-hydrogen) atoms. The number of thiophene rings is 1. The van der Waals surface area contributed by atoms with Crippen molar-refractivity contribution in [3.05, 3.63) is 63.0 Å². The quantitative estimate of drug-likeness (QED) is 0.691. The van der Waals surface area contributed by atoms with E-state index in [1.165, 1.54) is 21.4 Å². The molecule has 1 aromatic carbocycles. The Morgan fingerprint density at radius 1 is 1.23 bits per heavy atom. The van der Waals surface area contributed by atoms with Gasteiger partial charge in [0.05, 0.1) is 13.1 Å². The molecule has 0 saturated carbocycles. The van der Waals surface area contributed by atoms with E-state index in [1.54, 1.807) is 30.5 Å². The number of amides is 2. The summed E-state index contributed by atoms with van der Waals surface area (Å²) in [6.07, 6.45) is 0. The van der Waals surface area contributed by atoms with E-state index in [-0.39, 0.29) is 30.6 Å². The van der Waals surface area contributed by atoms with Crippen molar-refractivity contribution in [2.75, 3.05) is 6.54 Å². The Morgan fingerprint density at radius 2 is 2.00 bits per heavy atom. The van der Waals surface area contributed by atoms with Gasteiger partial charge in [-0.2, -0.15) is 0 Å². The third-order valence-corrected chi connectivity index (χ3v) is 4.63. The van der Waals surface area contributed by atoms with Gasteiger partial charge in [0.2, 0.25) is 0 Å². The van der Waals surface area contributed by atoms with E-state index in [2.05, 4.69) is 15.7 Å². The van der Waals surface area contributed by atoms with Crippen LogP contribution in [-0.2, 0) is 20.1 Å². The van der Waals surface area contributed by atoms with Gasteiger partial charge in [0.15, 0.2) is 5.82 Å². The third kappa shape index (κ3) is 4.17. The molecule has 0 aliphatic rings. The first kappa shape index (κ1) is 17.9. The maximum Gasteiger partial charge on any atom is 0.345 e. The number of halogens is 1. The van der Waals surface area contributed by atoms with Crippen LogP contribution in [0, 0.1) is 5.82 Å². The van der Waals surface area contributed by atoms with Crippen molar-refractivity contribution in [3.8, 4) is 11.4 Å². The van der Waals surface area contributed by atoms with E-state index in [0.29, 0.717) is 17.9 Å². The van der Waals surface area contributed by atoms with Gasteiger partial charge in [-0.3, -0.25) is 4.57 Å². The lowest BCUT2D eigenvalue weighted by Crippen LogP contribution is -2.38. The molecule has 0 aliphatic carbocycles. The highest BCUT2D eigenvalue weighted by atomic mass is 32.1. The molecular weight excluding hydrogens is 357 g/mol. The molecule has 0 unspecified atom stereocenters. The SMILES string of the molecule is Cn1c(-c2ccc(F)cc2)nn(CCNC(=O)NCc2cccs2)c1=O. The molecule has 3 rings (SSSR count). The lowest BCUT2D eigenvalue weighted by atomic mass is 10.2. The van der Waals surface area contributed by atoms with Crippen LogP contribution < -0.4 is 16.3 Å². The molecule has 0 saturated heterocycles. The lowest BCUT2D eigenvalue weighted by Gasteiger charge is -2.06.